The molecule has 140 valence electrons. The fourth-order valence-corrected chi connectivity index (χ4v) is 3.37. The summed E-state index contributed by atoms with van der Waals surface area (Å²) >= 11 is 0. The molecule has 0 unspecified atom stereocenters. The van der Waals surface area contributed by atoms with Gasteiger partial charge < -0.3 is 24.6 Å². The molecule has 0 spiro atoms. The summed E-state index contributed by atoms with van der Waals surface area (Å²) in [4.78, 5) is 4.56. The number of hydrogen-bond donors (Lipinski definition) is 2. The number of aliphatic hydroxyl groups excluding tert-OH is 2. The standard InChI is InChI=1S/C19H30N2O4/c1-24-18-3-4-19(15(11-18)12-20-7-2-8-20)25-14-17(23)13-21-9-5-16(22)6-10-21/h3-4,11,16-17,22-23H,2,5-10,12-14H2,1H3/t17-/m0/s1. The zero-order valence-electron chi connectivity index (χ0n) is 15.1. The maximum Gasteiger partial charge on any atom is 0.124 e. The number of piperidine rings is 1. The summed E-state index contributed by atoms with van der Waals surface area (Å²) in [6, 6.07) is 5.84. The van der Waals surface area contributed by atoms with Crippen molar-refractivity contribution < 1.29 is 19.7 Å². The number of β-amino-alcohol motifs (C(OH)–C–C–N with tert-alkyl or cyclic N) is 1. The van der Waals surface area contributed by atoms with E-state index in [1.54, 1.807) is 7.11 Å². The third-order valence-corrected chi connectivity index (χ3v) is 5.07. The Bertz CT molecular complexity index is 542. The van der Waals surface area contributed by atoms with E-state index in [1.165, 1.54) is 6.42 Å². The van der Waals surface area contributed by atoms with Crippen LogP contribution in [0.3, 0.4) is 0 Å². The van der Waals surface area contributed by atoms with E-state index in [2.05, 4.69) is 9.80 Å². The minimum absolute atomic E-state index is 0.187. The Balaban J connectivity index is 1.52. The first-order chi connectivity index (χ1) is 12.1. The van der Waals surface area contributed by atoms with Crippen LogP contribution in [0.1, 0.15) is 24.8 Å². The van der Waals surface area contributed by atoms with Gasteiger partial charge in [0.15, 0.2) is 0 Å². The van der Waals surface area contributed by atoms with E-state index < -0.39 is 6.10 Å². The second-order valence-corrected chi connectivity index (χ2v) is 7.10. The number of methoxy groups -OCH3 is 1. The number of aliphatic hydroxyl groups is 2. The lowest BCUT2D eigenvalue weighted by atomic mass is 10.1. The Kier molecular flexibility index (Phi) is 6.53. The quantitative estimate of drug-likeness (QED) is 0.732. The van der Waals surface area contributed by atoms with E-state index in [1.807, 2.05) is 18.2 Å². The van der Waals surface area contributed by atoms with Crippen LogP contribution in [0.4, 0.5) is 0 Å². The molecule has 3 rings (SSSR count). The van der Waals surface area contributed by atoms with Crippen LogP contribution < -0.4 is 9.47 Å². The Morgan fingerprint density at radius 2 is 1.92 bits per heavy atom. The van der Waals surface area contributed by atoms with Crippen molar-refractivity contribution in [2.24, 2.45) is 0 Å². The molecule has 1 atom stereocenters. The van der Waals surface area contributed by atoms with Crippen LogP contribution in [0.5, 0.6) is 11.5 Å². The van der Waals surface area contributed by atoms with Gasteiger partial charge in [-0.3, -0.25) is 4.90 Å². The largest absolute Gasteiger partial charge is 0.497 e. The molecule has 2 saturated heterocycles. The van der Waals surface area contributed by atoms with Gasteiger partial charge in [-0.1, -0.05) is 0 Å². The lowest BCUT2D eigenvalue weighted by Gasteiger charge is -2.32. The molecule has 2 heterocycles. The van der Waals surface area contributed by atoms with Crippen molar-refractivity contribution in [1.82, 2.24) is 9.80 Å². The second-order valence-electron chi connectivity index (χ2n) is 7.10. The van der Waals surface area contributed by atoms with E-state index in [9.17, 15) is 10.2 Å². The summed E-state index contributed by atoms with van der Waals surface area (Å²) in [7, 11) is 1.67. The van der Waals surface area contributed by atoms with Crippen molar-refractivity contribution in [3.8, 4) is 11.5 Å². The fraction of sp³-hybridized carbons (Fsp3) is 0.684. The third-order valence-electron chi connectivity index (χ3n) is 5.07. The molecule has 2 aliphatic rings. The highest BCUT2D eigenvalue weighted by Crippen LogP contribution is 2.27. The lowest BCUT2D eigenvalue weighted by Crippen LogP contribution is -2.42. The van der Waals surface area contributed by atoms with E-state index in [4.69, 9.17) is 9.47 Å². The number of benzene rings is 1. The monoisotopic (exact) mass is 350 g/mol. The smallest absolute Gasteiger partial charge is 0.124 e. The van der Waals surface area contributed by atoms with Gasteiger partial charge in [0.1, 0.15) is 24.2 Å². The van der Waals surface area contributed by atoms with Crippen molar-refractivity contribution in [3.63, 3.8) is 0 Å². The van der Waals surface area contributed by atoms with E-state index in [0.29, 0.717) is 6.54 Å². The number of ether oxygens (including phenoxy) is 2. The summed E-state index contributed by atoms with van der Waals surface area (Å²) in [6.07, 6.45) is 2.10. The number of rotatable bonds is 8. The molecule has 6 heteroatoms. The van der Waals surface area contributed by atoms with Gasteiger partial charge in [0, 0.05) is 31.7 Å². The number of hydrogen-bond acceptors (Lipinski definition) is 6. The molecule has 1 aromatic carbocycles. The first-order valence-corrected chi connectivity index (χ1v) is 9.24. The molecule has 1 aromatic rings. The highest BCUT2D eigenvalue weighted by atomic mass is 16.5. The van der Waals surface area contributed by atoms with Crippen LogP contribution in [0.15, 0.2) is 18.2 Å². The molecule has 2 fully saturated rings. The zero-order valence-corrected chi connectivity index (χ0v) is 15.1. The van der Waals surface area contributed by atoms with Gasteiger partial charge in [-0.25, -0.2) is 0 Å². The van der Waals surface area contributed by atoms with E-state index in [0.717, 1.165) is 62.6 Å². The first-order valence-electron chi connectivity index (χ1n) is 9.24. The van der Waals surface area contributed by atoms with Gasteiger partial charge in [0.2, 0.25) is 0 Å². The van der Waals surface area contributed by atoms with Crippen LogP contribution in [-0.2, 0) is 6.54 Å². The second kappa shape index (κ2) is 8.85. The zero-order chi connectivity index (χ0) is 17.6. The van der Waals surface area contributed by atoms with Gasteiger partial charge in [0.25, 0.3) is 0 Å². The fourth-order valence-electron chi connectivity index (χ4n) is 3.37. The molecule has 0 amide bonds. The molecule has 0 saturated carbocycles. The van der Waals surface area contributed by atoms with Crippen LogP contribution in [0.2, 0.25) is 0 Å². The minimum atomic E-state index is -0.533. The summed E-state index contributed by atoms with van der Waals surface area (Å²) in [6.45, 7) is 5.64. The van der Waals surface area contributed by atoms with Crippen molar-refractivity contribution in [2.45, 2.75) is 38.0 Å². The molecule has 0 bridgehead atoms. The summed E-state index contributed by atoms with van der Waals surface area (Å²) < 4.78 is 11.2. The Morgan fingerprint density at radius 3 is 2.56 bits per heavy atom. The van der Waals surface area contributed by atoms with Gasteiger partial charge in [-0.2, -0.15) is 0 Å². The minimum Gasteiger partial charge on any atom is -0.497 e. The van der Waals surface area contributed by atoms with E-state index >= 15 is 0 Å². The van der Waals surface area contributed by atoms with Crippen LogP contribution in [0.25, 0.3) is 0 Å². The van der Waals surface area contributed by atoms with Crippen LogP contribution in [-0.4, -0.2) is 78.7 Å². The predicted octanol–water partition coefficient (Wildman–Crippen LogP) is 1.10. The summed E-state index contributed by atoms with van der Waals surface area (Å²) in [5.41, 5.74) is 1.10. The molecule has 0 aliphatic carbocycles. The van der Waals surface area contributed by atoms with Crippen molar-refractivity contribution in [3.05, 3.63) is 23.8 Å². The maximum absolute atomic E-state index is 10.3. The Morgan fingerprint density at radius 1 is 1.16 bits per heavy atom. The molecule has 25 heavy (non-hydrogen) atoms. The first kappa shape index (κ1) is 18.5. The predicted molar refractivity (Wildman–Crippen MR) is 96.1 cm³/mol. The van der Waals surface area contributed by atoms with Gasteiger partial charge >= 0.3 is 0 Å². The Hall–Kier alpha value is -1.34. The average molecular weight is 350 g/mol. The topological polar surface area (TPSA) is 65.4 Å². The van der Waals surface area contributed by atoms with Crippen molar-refractivity contribution >= 4 is 0 Å². The van der Waals surface area contributed by atoms with Gasteiger partial charge in [0.05, 0.1) is 13.2 Å². The van der Waals surface area contributed by atoms with Crippen molar-refractivity contribution in [1.29, 1.82) is 0 Å². The number of nitrogens with zero attached hydrogens (tertiary/aromatic N) is 2. The third kappa shape index (κ3) is 5.31. The molecular formula is C19H30N2O4. The van der Waals surface area contributed by atoms with Gasteiger partial charge in [-0.15, -0.1) is 0 Å². The normalized spacial score (nSPS) is 20.9. The summed E-state index contributed by atoms with van der Waals surface area (Å²) in [5, 5.41) is 19.9. The molecule has 2 N–H and O–H groups in total. The van der Waals surface area contributed by atoms with Crippen LogP contribution in [0, 0.1) is 0 Å². The highest BCUT2D eigenvalue weighted by Gasteiger charge is 2.20. The summed E-state index contributed by atoms with van der Waals surface area (Å²) in [5.74, 6) is 1.65. The highest BCUT2D eigenvalue weighted by molar-refractivity contribution is 5.40. The van der Waals surface area contributed by atoms with E-state index in [-0.39, 0.29) is 12.7 Å². The van der Waals surface area contributed by atoms with Crippen molar-refractivity contribution in [2.75, 3.05) is 46.4 Å². The molecule has 6 nitrogen and oxygen atoms in total. The molecular weight excluding hydrogens is 320 g/mol. The molecule has 2 aliphatic heterocycles. The van der Waals surface area contributed by atoms with Gasteiger partial charge in [-0.05, 0) is 50.6 Å². The SMILES string of the molecule is COc1ccc(OC[C@@H](O)CN2CCC(O)CC2)c(CN2CCC2)c1. The lowest BCUT2D eigenvalue weighted by molar-refractivity contribution is 0.0334. The molecule has 0 aromatic heterocycles. The molecule has 0 radical (unpaired) electrons. The maximum atomic E-state index is 10.3. The number of likely N-dealkylation sites (tertiary alicyclic amines) is 2. The Labute approximate surface area is 149 Å². The van der Waals surface area contributed by atoms with Crippen LogP contribution >= 0.6 is 0 Å². The average Bonchev–Trinajstić information content (AvgIpc) is 2.58.